The fraction of sp³-hybridized carbons (Fsp3) is 0.478. The van der Waals surface area contributed by atoms with Gasteiger partial charge < -0.3 is 25.4 Å². The first-order chi connectivity index (χ1) is 14.5. The smallest absolute Gasteiger partial charge is 0.273 e. The Hall–Kier alpha value is -2.64. The highest BCUT2D eigenvalue weighted by molar-refractivity contribution is 5.92. The zero-order chi connectivity index (χ0) is 21.5. The number of carbonyl (C=O) groups excluding carboxylic acids is 1. The fourth-order valence-corrected chi connectivity index (χ4v) is 3.72. The van der Waals surface area contributed by atoms with Crippen LogP contribution in [0.4, 0.5) is 0 Å². The summed E-state index contributed by atoms with van der Waals surface area (Å²) in [5.41, 5.74) is 8.75. The van der Waals surface area contributed by atoms with Crippen molar-refractivity contribution in [2.24, 2.45) is 5.73 Å². The van der Waals surface area contributed by atoms with Gasteiger partial charge in [0.2, 0.25) is 5.89 Å². The average molecular weight is 412 g/mol. The van der Waals surface area contributed by atoms with Gasteiger partial charge in [-0.3, -0.25) is 4.79 Å². The highest BCUT2D eigenvalue weighted by atomic mass is 16.3. The molecule has 0 saturated heterocycles. The van der Waals surface area contributed by atoms with E-state index in [0.29, 0.717) is 12.3 Å². The van der Waals surface area contributed by atoms with Gasteiger partial charge in [0, 0.05) is 23.1 Å². The Morgan fingerprint density at radius 1 is 1.30 bits per heavy atom. The molecule has 0 saturated carbocycles. The molecule has 162 valence electrons. The molecule has 0 radical (unpaired) electrons. The number of aromatic nitrogens is 2. The maximum atomic E-state index is 12.5. The van der Waals surface area contributed by atoms with Crippen molar-refractivity contribution >= 4 is 16.8 Å². The number of hydrogen-bond acceptors (Lipinski definition) is 5. The molecule has 30 heavy (non-hydrogen) atoms. The van der Waals surface area contributed by atoms with Crippen LogP contribution in [0.2, 0.25) is 0 Å². The topological polar surface area (TPSA) is 100 Å². The van der Waals surface area contributed by atoms with Crippen molar-refractivity contribution in [3.63, 3.8) is 0 Å². The lowest BCUT2D eigenvalue weighted by molar-refractivity contribution is 0.0932. The second-order valence-electron chi connectivity index (χ2n) is 7.78. The highest BCUT2D eigenvalue weighted by Crippen LogP contribution is 2.23. The number of carbonyl (C=O) groups is 1. The van der Waals surface area contributed by atoms with E-state index in [2.05, 4.69) is 40.1 Å². The second-order valence-corrected chi connectivity index (χ2v) is 7.78. The molecule has 0 aliphatic carbocycles. The van der Waals surface area contributed by atoms with Crippen molar-refractivity contribution in [2.75, 3.05) is 19.6 Å². The van der Waals surface area contributed by atoms with Crippen LogP contribution in [0.3, 0.4) is 0 Å². The summed E-state index contributed by atoms with van der Waals surface area (Å²) in [6.07, 6.45) is 5.90. The number of nitrogens with two attached hydrogens (primary N) is 1. The molecule has 7 nitrogen and oxygen atoms in total. The fourth-order valence-electron chi connectivity index (χ4n) is 3.72. The molecule has 2 aromatic heterocycles. The number of amides is 1. The van der Waals surface area contributed by atoms with Crippen molar-refractivity contribution in [3.05, 3.63) is 53.9 Å². The maximum absolute atomic E-state index is 12.5. The molecule has 0 aliphatic rings. The Kier molecular flexibility index (Phi) is 7.65. The third kappa shape index (κ3) is 5.49. The van der Waals surface area contributed by atoms with Gasteiger partial charge in [0.1, 0.15) is 6.26 Å². The van der Waals surface area contributed by atoms with E-state index in [1.807, 2.05) is 31.3 Å². The second kappa shape index (κ2) is 10.4. The molecule has 4 N–H and O–H groups in total. The highest BCUT2D eigenvalue weighted by Gasteiger charge is 2.19. The van der Waals surface area contributed by atoms with Gasteiger partial charge >= 0.3 is 0 Å². The van der Waals surface area contributed by atoms with Crippen molar-refractivity contribution in [1.82, 2.24) is 20.2 Å². The number of oxazole rings is 1. The average Bonchev–Trinajstić information content (AvgIpc) is 3.39. The van der Waals surface area contributed by atoms with Crippen LogP contribution < -0.4 is 11.1 Å². The first kappa shape index (κ1) is 22.1. The summed E-state index contributed by atoms with van der Waals surface area (Å²) >= 11 is 0. The number of rotatable bonds is 11. The van der Waals surface area contributed by atoms with Gasteiger partial charge in [-0.2, -0.15) is 0 Å². The minimum Gasteiger partial charge on any atom is -0.446 e. The SMILES string of the molecule is CCN(CC)CCCC(C)NC(=O)c1coc(C(N)Cc2c[nH]c3ccccc23)n1. The van der Waals surface area contributed by atoms with Crippen LogP contribution in [0.25, 0.3) is 10.9 Å². The van der Waals surface area contributed by atoms with E-state index < -0.39 is 6.04 Å². The molecular weight excluding hydrogens is 378 g/mol. The zero-order valence-corrected chi connectivity index (χ0v) is 18.1. The number of nitrogens with zero attached hydrogens (tertiary/aromatic N) is 2. The van der Waals surface area contributed by atoms with E-state index in [-0.39, 0.29) is 17.6 Å². The third-order valence-corrected chi connectivity index (χ3v) is 5.57. The molecule has 0 spiro atoms. The van der Waals surface area contributed by atoms with Gasteiger partial charge in [0.05, 0.1) is 6.04 Å². The van der Waals surface area contributed by atoms with E-state index >= 15 is 0 Å². The molecular formula is C23H33N5O2. The lowest BCUT2D eigenvalue weighted by Gasteiger charge is -2.19. The number of aromatic amines is 1. The molecule has 7 heteroatoms. The monoisotopic (exact) mass is 411 g/mol. The van der Waals surface area contributed by atoms with Crippen LogP contribution in [0.1, 0.15) is 61.6 Å². The minimum atomic E-state index is -0.419. The molecule has 3 rings (SSSR count). The summed E-state index contributed by atoms with van der Waals surface area (Å²) in [6.45, 7) is 9.50. The van der Waals surface area contributed by atoms with Gasteiger partial charge in [-0.1, -0.05) is 32.0 Å². The summed E-state index contributed by atoms with van der Waals surface area (Å²) in [4.78, 5) is 22.5. The molecule has 3 aromatic rings. The Morgan fingerprint density at radius 3 is 2.83 bits per heavy atom. The number of benzene rings is 1. The van der Waals surface area contributed by atoms with Crippen LogP contribution in [0, 0.1) is 0 Å². The molecule has 1 amide bonds. The molecule has 2 atom stereocenters. The number of hydrogen-bond donors (Lipinski definition) is 3. The predicted octanol–water partition coefficient (Wildman–Crippen LogP) is 3.64. The molecule has 0 bridgehead atoms. The molecule has 0 aliphatic heterocycles. The Bertz CT molecular complexity index is 944. The summed E-state index contributed by atoms with van der Waals surface area (Å²) < 4.78 is 5.52. The summed E-state index contributed by atoms with van der Waals surface area (Å²) in [7, 11) is 0. The van der Waals surface area contributed by atoms with E-state index in [1.165, 1.54) is 6.26 Å². The van der Waals surface area contributed by atoms with E-state index in [4.69, 9.17) is 10.2 Å². The number of fused-ring (bicyclic) bond motifs is 1. The van der Waals surface area contributed by atoms with Crippen LogP contribution in [-0.4, -0.2) is 46.5 Å². The summed E-state index contributed by atoms with van der Waals surface area (Å²) in [5.74, 6) is 0.152. The van der Waals surface area contributed by atoms with Gasteiger partial charge in [0.15, 0.2) is 5.69 Å². The first-order valence-corrected chi connectivity index (χ1v) is 10.8. The van der Waals surface area contributed by atoms with Crippen LogP contribution in [0.5, 0.6) is 0 Å². The molecule has 2 unspecified atom stereocenters. The lowest BCUT2D eigenvalue weighted by Crippen LogP contribution is -2.34. The first-order valence-electron chi connectivity index (χ1n) is 10.8. The van der Waals surface area contributed by atoms with Crippen molar-refractivity contribution < 1.29 is 9.21 Å². The van der Waals surface area contributed by atoms with Gasteiger partial charge in [-0.05, 0) is 57.5 Å². The Morgan fingerprint density at radius 2 is 2.07 bits per heavy atom. The van der Waals surface area contributed by atoms with Crippen molar-refractivity contribution in [2.45, 2.75) is 52.1 Å². The van der Waals surface area contributed by atoms with Crippen LogP contribution in [-0.2, 0) is 6.42 Å². The van der Waals surface area contributed by atoms with Crippen molar-refractivity contribution in [3.8, 4) is 0 Å². The van der Waals surface area contributed by atoms with Gasteiger partial charge in [0.25, 0.3) is 5.91 Å². The minimum absolute atomic E-state index is 0.0770. The van der Waals surface area contributed by atoms with E-state index in [1.54, 1.807) is 0 Å². The Labute approximate surface area is 178 Å². The van der Waals surface area contributed by atoms with Crippen molar-refractivity contribution in [1.29, 1.82) is 0 Å². The number of H-pyrrole nitrogens is 1. The predicted molar refractivity (Wildman–Crippen MR) is 119 cm³/mol. The quantitative estimate of drug-likeness (QED) is 0.447. The number of para-hydroxylation sites is 1. The van der Waals surface area contributed by atoms with Crippen LogP contribution >= 0.6 is 0 Å². The molecule has 2 heterocycles. The zero-order valence-electron chi connectivity index (χ0n) is 18.1. The standard InChI is InChI=1S/C23H33N5O2/c1-4-28(5-2)12-8-9-16(3)26-22(29)21-15-30-23(27-21)19(24)13-17-14-25-20-11-7-6-10-18(17)20/h6-7,10-11,14-16,19,25H,4-5,8-9,12-13,24H2,1-3H3,(H,26,29). The largest absolute Gasteiger partial charge is 0.446 e. The van der Waals surface area contributed by atoms with Gasteiger partial charge in [-0.15, -0.1) is 0 Å². The number of nitrogens with one attached hydrogen (secondary N) is 2. The normalized spacial score (nSPS) is 13.6. The molecule has 1 aromatic carbocycles. The third-order valence-electron chi connectivity index (χ3n) is 5.57. The summed E-state index contributed by atoms with van der Waals surface area (Å²) in [5, 5.41) is 4.14. The van der Waals surface area contributed by atoms with E-state index in [0.717, 1.165) is 48.9 Å². The van der Waals surface area contributed by atoms with E-state index in [9.17, 15) is 4.79 Å². The Balaban J connectivity index is 1.52. The summed E-state index contributed by atoms with van der Waals surface area (Å²) in [6, 6.07) is 7.74. The van der Waals surface area contributed by atoms with Gasteiger partial charge in [-0.25, -0.2) is 4.98 Å². The molecule has 0 fully saturated rings. The van der Waals surface area contributed by atoms with Crippen LogP contribution in [0.15, 0.2) is 41.1 Å². The lowest BCUT2D eigenvalue weighted by atomic mass is 10.1. The maximum Gasteiger partial charge on any atom is 0.273 e.